The third-order valence-electron chi connectivity index (χ3n) is 1.05. The number of rotatable bonds is 3. The van der Waals surface area contributed by atoms with Crippen molar-refractivity contribution < 1.29 is 23.0 Å². The van der Waals surface area contributed by atoms with Crippen molar-refractivity contribution in [1.29, 1.82) is 0 Å². The van der Waals surface area contributed by atoms with Gasteiger partial charge in [0.2, 0.25) is 0 Å². The Morgan fingerprint density at radius 2 is 2.36 bits per heavy atom. The maximum atomic E-state index is 11.9. The van der Waals surface area contributed by atoms with E-state index in [-0.39, 0.29) is 12.7 Å². The van der Waals surface area contributed by atoms with Crippen LogP contribution in [-0.2, 0) is 14.3 Å². The Bertz CT molecular complexity index is 164. The van der Waals surface area contributed by atoms with Crippen molar-refractivity contribution in [3.63, 3.8) is 0 Å². The zero-order chi connectivity index (χ0) is 8.48. The Kier molecular flexibility index (Phi) is 2.34. The fourth-order valence-electron chi connectivity index (χ4n) is 0.420. The number of epoxide rings is 1. The topological polar surface area (TPSA) is 38.8 Å². The van der Waals surface area contributed by atoms with Crippen LogP contribution in [0.4, 0.5) is 8.78 Å². The summed E-state index contributed by atoms with van der Waals surface area (Å²) in [6, 6.07) is 0. The summed E-state index contributed by atoms with van der Waals surface area (Å²) in [4.78, 5) is 10.3. The standard InChI is InChI=1S/C5H6F2O3S/c6-5(7,11)4(8)10-2-3-1-9-3/h3,11H,1-2H2. The van der Waals surface area contributed by atoms with E-state index < -0.39 is 11.2 Å². The van der Waals surface area contributed by atoms with E-state index in [0.29, 0.717) is 6.61 Å². The Morgan fingerprint density at radius 3 is 2.73 bits per heavy atom. The molecule has 1 atom stereocenters. The van der Waals surface area contributed by atoms with Crippen LogP contribution in [0, 0.1) is 0 Å². The molecule has 0 N–H and O–H groups in total. The fraction of sp³-hybridized carbons (Fsp3) is 0.800. The lowest BCUT2D eigenvalue weighted by Gasteiger charge is -2.07. The van der Waals surface area contributed by atoms with E-state index in [1.807, 2.05) is 0 Å². The molecule has 0 bridgehead atoms. The molecule has 1 unspecified atom stereocenters. The molecule has 0 aromatic rings. The number of hydrogen-bond donors (Lipinski definition) is 1. The van der Waals surface area contributed by atoms with Gasteiger partial charge in [-0.05, 0) is 0 Å². The predicted octanol–water partition coefficient (Wildman–Crippen LogP) is 0.451. The summed E-state index contributed by atoms with van der Waals surface area (Å²) in [5.74, 6) is -1.63. The molecule has 1 saturated heterocycles. The minimum absolute atomic E-state index is 0.116. The van der Waals surface area contributed by atoms with Crippen LogP contribution in [0.3, 0.4) is 0 Å². The number of hydrogen-bond acceptors (Lipinski definition) is 4. The van der Waals surface area contributed by atoms with Gasteiger partial charge in [0, 0.05) is 0 Å². The number of halogens is 2. The normalized spacial score (nSPS) is 23.0. The van der Waals surface area contributed by atoms with E-state index in [0.717, 1.165) is 0 Å². The first kappa shape index (κ1) is 8.73. The molecule has 11 heavy (non-hydrogen) atoms. The van der Waals surface area contributed by atoms with E-state index in [1.165, 1.54) is 0 Å². The Hall–Kier alpha value is -0.360. The highest BCUT2D eigenvalue weighted by Crippen LogP contribution is 2.20. The highest BCUT2D eigenvalue weighted by molar-refractivity contribution is 7.82. The van der Waals surface area contributed by atoms with Gasteiger partial charge in [0.05, 0.1) is 6.61 Å². The summed E-state index contributed by atoms with van der Waals surface area (Å²) in [6.45, 7) is 0.348. The van der Waals surface area contributed by atoms with Crippen LogP contribution in [0.1, 0.15) is 0 Å². The van der Waals surface area contributed by atoms with Gasteiger partial charge in [0.15, 0.2) is 0 Å². The second-order valence-corrected chi connectivity index (χ2v) is 2.66. The molecule has 0 amide bonds. The zero-order valence-corrected chi connectivity index (χ0v) is 6.31. The first-order valence-corrected chi connectivity index (χ1v) is 3.34. The molecular weight excluding hydrogens is 178 g/mol. The SMILES string of the molecule is O=C(OCC1CO1)C(F)(F)S. The number of ether oxygens (including phenoxy) is 2. The van der Waals surface area contributed by atoms with Gasteiger partial charge in [-0.15, -0.1) is 0 Å². The lowest BCUT2D eigenvalue weighted by atomic mass is 10.5. The van der Waals surface area contributed by atoms with Crippen molar-refractivity contribution >= 4 is 18.6 Å². The first-order chi connectivity index (χ1) is 5.00. The summed E-state index contributed by atoms with van der Waals surface area (Å²) >= 11 is 2.72. The number of thiol groups is 1. The molecule has 0 radical (unpaired) electrons. The van der Waals surface area contributed by atoms with Crippen molar-refractivity contribution in [2.45, 2.75) is 11.4 Å². The molecule has 64 valence electrons. The summed E-state index contributed by atoms with van der Waals surface area (Å²) in [6.07, 6.45) is -0.199. The summed E-state index contributed by atoms with van der Waals surface area (Å²) in [7, 11) is 0. The van der Waals surface area contributed by atoms with Crippen LogP contribution < -0.4 is 0 Å². The predicted molar refractivity (Wildman–Crippen MR) is 34.6 cm³/mol. The van der Waals surface area contributed by atoms with Gasteiger partial charge in [-0.3, -0.25) is 0 Å². The number of alkyl halides is 2. The van der Waals surface area contributed by atoms with Crippen LogP contribution in [0.25, 0.3) is 0 Å². The molecule has 0 aromatic carbocycles. The third-order valence-corrected chi connectivity index (χ3v) is 1.23. The number of esters is 1. The summed E-state index contributed by atoms with van der Waals surface area (Å²) in [5.41, 5.74) is 0. The van der Waals surface area contributed by atoms with Crippen LogP contribution in [0.5, 0.6) is 0 Å². The molecule has 0 spiro atoms. The van der Waals surface area contributed by atoms with Crippen molar-refractivity contribution in [2.24, 2.45) is 0 Å². The molecule has 1 aliphatic heterocycles. The third kappa shape index (κ3) is 3.02. The minimum Gasteiger partial charge on any atom is -0.458 e. The Morgan fingerprint density at radius 1 is 1.82 bits per heavy atom. The van der Waals surface area contributed by atoms with Crippen molar-refractivity contribution in [3.8, 4) is 0 Å². The highest BCUT2D eigenvalue weighted by atomic mass is 32.1. The van der Waals surface area contributed by atoms with Crippen LogP contribution in [-0.4, -0.2) is 30.5 Å². The monoisotopic (exact) mass is 184 g/mol. The molecular formula is C5H6F2O3S. The average molecular weight is 184 g/mol. The van der Waals surface area contributed by atoms with E-state index in [1.54, 1.807) is 0 Å². The maximum Gasteiger partial charge on any atom is 0.388 e. The molecule has 0 aliphatic carbocycles. The van der Waals surface area contributed by atoms with Gasteiger partial charge in [0.1, 0.15) is 12.7 Å². The van der Waals surface area contributed by atoms with E-state index in [2.05, 4.69) is 22.1 Å². The number of carbonyl (C=O) groups excluding carboxylic acids is 1. The molecule has 0 aromatic heterocycles. The molecule has 1 aliphatic rings. The Balaban J connectivity index is 2.19. The van der Waals surface area contributed by atoms with Crippen molar-refractivity contribution in [2.75, 3.05) is 13.2 Å². The van der Waals surface area contributed by atoms with Crippen LogP contribution in [0.2, 0.25) is 0 Å². The zero-order valence-electron chi connectivity index (χ0n) is 5.42. The average Bonchev–Trinajstić information content (AvgIpc) is 2.62. The molecule has 6 heteroatoms. The first-order valence-electron chi connectivity index (χ1n) is 2.89. The van der Waals surface area contributed by atoms with Crippen molar-refractivity contribution in [3.05, 3.63) is 0 Å². The largest absolute Gasteiger partial charge is 0.458 e. The van der Waals surface area contributed by atoms with Gasteiger partial charge >= 0.3 is 11.2 Å². The van der Waals surface area contributed by atoms with Crippen LogP contribution >= 0.6 is 12.6 Å². The van der Waals surface area contributed by atoms with Crippen LogP contribution in [0.15, 0.2) is 0 Å². The quantitative estimate of drug-likeness (QED) is 0.393. The fourth-order valence-corrected chi connectivity index (χ4v) is 0.484. The minimum atomic E-state index is -3.70. The van der Waals surface area contributed by atoms with Gasteiger partial charge in [0.25, 0.3) is 0 Å². The lowest BCUT2D eigenvalue weighted by Crippen LogP contribution is -2.25. The van der Waals surface area contributed by atoms with Gasteiger partial charge in [-0.2, -0.15) is 8.78 Å². The lowest BCUT2D eigenvalue weighted by molar-refractivity contribution is -0.160. The molecule has 1 rings (SSSR count). The maximum absolute atomic E-state index is 11.9. The second kappa shape index (κ2) is 2.94. The van der Waals surface area contributed by atoms with E-state index >= 15 is 0 Å². The number of carbonyl (C=O) groups is 1. The Labute approximate surface area is 67.1 Å². The molecule has 0 saturated carbocycles. The molecule has 1 heterocycles. The highest BCUT2D eigenvalue weighted by Gasteiger charge is 2.37. The van der Waals surface area contributed by atoms with Crippen molar-refractivity contribution in [1.82, 2.24) is 0 Å². The smallest absolute Gasteiger partial charge is 0.388 e. The molecule has 1 fully saturated rings. The summed E-state index contributed by atoms with van der Waals surface area (Å²) < 4.78 is 32.6. The van der Waals surface area contributed by atoms with E-state index in [4.69, 9.17) is 0 Å². The van der Waals surface area contributed by atoms with Gasteiger partial charge in [-0.25, -0.2) is 4.79 Å². The van der Waals surface area contributed by atoms with Gasteiger partial charge < -0.3 is 9.47 Å². The second-order valence-electron chi connectivity index (χ2n) is 2.10. The van der Waals surface area contributed by atoms with E-state index in [9.17, 15) is 13.6 Å². The van der Waals surface area contributed by atoms with Gasteiger partial charge in [-0.1, -0.05) is 12.6 Å². The summed E-state index contributed by atoms with van der Waals surface area (Å²) in [5, 5.41) is -3.70. The molecule has 3 nitrogen and oxygen atoms in total.